The lowest BCUT2D eigenvalue weighted by Gasteiger charge is -2.48. The molecule has 1 saturated heterocycles. The van der Waals surface area contributed by atoms with Gasteiger partial charge < -0.3 is 0 Å². The second kappa shape index (κ2) is 9.09. The van der Waals surface area contributed by atoms with Gasteiger partial charge in [0.1, 0.15) is 5.82 Å². The van der Waals surface area contributed by atoms with E-state index in [-0.39, 0.29) is 17.9 Å². The number of anilines is 1. The molecule has 2 heterocycles. The van der Waals surface area contributed by atoms with Crippen LogP contribution in [-0.2, 0) is 4.79 Å². The fourth-order valence-corrected chi connectivity index (χ4v) is 5.07. The standard InChI is InChI=1S/C27H26Cl2N2O/c1-4-13-27(3)17-23(20-6-5-7-22(29)16-20)25(19-8-10-21(28)11-9-19)31(26(27)32)24-15-18(2)12-14-30-24/h4-12,14-16,23,25H,1,13,17H2,2-3H3/t23?,25-,27+/m1/s1. The fourth-order valence-electron chi connectivity index (χ4n) is 4.75. The van der Waals surface area contributed by atoms with Crippen LogP contribution in [0.5, 0.6) is 0 Å². The van der Waals surface area contributed by atoms with Crippen LogP contribution in [0, 0.1) is 12.3 Å². The molecule has 5 heteroatoms. The lowest BCUT2D eigenvalue weighted by atomic mass is 9.67. The molecule has 3 atom stereocenters. The van der Waals surface area contributed by atoms with Crippen LogP contribution >= 0.6 is 23.2 Å². The highest BCUT2D eigenvalue weighted by molar-refractivity contribution is 6.30. The van der Waals surface area contributed by atoms with Crippen LogP contribution in [0.2, 0.25) is 10.0 Å². The largest absolute Gasteiger partial charge is 0.288 e. The quantitative estimate of drug-likeness (QED) is 0.365. The summed E-state index contributed by atoms with van der Waals surface area (Å²) < 4.78 is 0. The number of aryl methyl sites for hydroxylation is 1. The van der Waals surface area contributed by atoms with Crippen LogP contribution < -0.4 is 4.90 Å². The van der Waals surface area contributed by atoms with Gasteiger partial charge >= 0.3 is 0 Å². The minimum absolute atomic E-state index is 0.0137. The van der Waals surface area contributed by atoms with Crippen LogP contribution in [-0.4, -0.2) is 10.9 Å². The highest BCUT2D eigenvalue weighted by Crippen LogP contribution is 2.52. The molecule has 0 N–H and O–H groups in total. The highest BCUT2D eigenvalue weighted by atomic mass is 35.5. The Kier molecular flexibility index (Phi) is 6.41. The molecule has 3 aromatic rings. The van der Waals surface area contributed by atoms with Crippen molar-refractivity contribution < 1.29 is 4.79 Å². The molecule has 1 aromatic heterocycles. The lowest BCUT2D eigenvalue weighted by Crippen LogP contribution is -2.52. The van der Waals surface area contributed by atoms with E-state index in [0.29, 0.717) is 28.7 Å². The number of pyridine rings is 1. The summed E-state index contributed by atoms with van der Waals surface area (Å²) >= 11 is 12.6. The fraction of sp³-hybridized carbons (Fsp3) is 0.259. The second-order valence-electron chi connectivity index (χ2n) is 8.78. The molecule has 4 rings (SSSR count). The topological polar surface area (TPSA) is 33.2 Å². The number of carbonyl (C=O) groups excluding carboxylic acids is 1. The van der Waals surface area contributed by atoms with E-state index >= 15 is 0 Å². The minimum Gasteiger partial charge on any atom is -0.288 e. The SMILES string of the molecule is C=CC[C@@]1(C)CC(c2cccc(Cl)c2)[C@@H](c2ccc(Cl)cc2)N(c2cc(C)ccn2)C1=O. The summed E-state index contributed by atoms with van der Waals surface area (Å²) in [6, 6.07) is 19.3. The van der Waals surface area contributed by atoms with Gasteiger partial charge in [-0.3, -0.25) is 9.69 Å². The summed E-state index contributed by atoms with van der Waals surface area (Å²) in [5, 5.41) is 1.34. The summed E-state index contributed by atoms with van der Waals surface area (Å²) in [7, 11) is 0. The third-order valence-corrected chi connectivity index (χ3v) is 6.78. The predicted octanol–water partition coefficient (Wildman–Crippen LogP) is 7.54. The first kappa shape index (κ1) is 22.6. The van der Waals surface area contributed by atoms with E-state index in [1.54, 1.807) is 6.20 Å². The maximum atomic E-state index is 14.0. The molecular formula is C27H26Cl2N2O. The molecule has 0 spiro atoms. The van der Waals surface area contributed by atoms with E-state index < -0.39 is 5.41 Å². The summed E-state index contributed by atoms with van der Waals surface area (Å²) in [6.07, 6.45) is 4.84. The molecule has 0 bridgehead atoms. The molecule has 1 aliphatic heterocycles. The number of rotatable bonds is 5. The van der Waals surface area contributed by atoms with Crippen LogP contribution in [0.1, 0.15) is 48.4 Å². The number of aromatic nitrogens is 1. The van der Waals surface area contributed by atoms with Gasteiger partial charge in [-0.25, -0.2) is 4.98 Å². The van der Waals surface area contributed by atoms with Gasteiger partial charge in [0.15, 0.2) is 0 Å². The van der Waals surface area contributed by atoms with Crippen LogP contribution in [0.3, 0.4) is 0 Å². The minimum atomic E-state index is -0.608. The van der Waals surface area contributed by atoms with Gasteiger partial charge in [-0.1, -0.05) is 60.5 Å². The van der Waals surface area contributed by atoms with Gasteiger partial charge in [-0.15, -0.1) is 6.58 Å². The third kappa shape index (κ3) is 4.32. The van der Waals surface area contributed by atoms with Crippen LogP contribution in [0.4, 0.5) is 5.82 Å². The zero-order valence-electron chi connectivity index (χ0n) is 18.3. The van der Waals surface area contributed by atoms with Gasteiger partial charge in [0, 0.05) is 22.2 Å². The zero-order chi connectivity index (χ0) is 22.9. The molecule has 32 heavy (non-hydrogen) atoms. The second-order valence-corrected chi connectivity index (χ2v) is 9.65. The van der Waals surface area contributed by atoms with E-state index in [4.69, 9.17) is 23.2 Å². The van der Waals surface area contributed by atoms with Crippen LogP contribution in [0.25, 0.3) is 0 Å². The number of carbonyl (C=O) groups is 1. The average Bonchev–Trinajstić information content (AvgIpc) is 2.76. The summed E-state index contributed by atoms with van der Waals surface area (Å²) in [6.45, 7) is 7.95. The van der Waals surface area contributed by atoms with E-state index in [2.05, 4.69) is 17.6 Å². The Bertz CT molecular complexity index is 1140. The Balaban J connectivity index is 1.95. The number of halogens is 2. The van der Waals surface area contributed by atoms with Gasteiger partial charge in [0.2, 0.25) is 5.91 Å². The highest BCUT2D eigenvalue weighted by Gasteiger charge is 2.50. The van der Waals surface area contributed by atoms with Gasteiger partial charge in [0.05, 0.1) is 11.5 Å². The number of amides is 1. The van der Waals surface area contributed by atoms with E-state index in [9.17, 15) is 4.79 Å². The molecule has 3 nitrogen and oxygen atoms in total. The molecular weight excluding hydrogens is 439 g/mol. The number of nitrogens with zero attached hydrogens (tertiary/aromatic N) is 2. The lowest BCUT2D eigenvalue weighted by molar-refractivity contribution is -0.131. The first-order valence-corrected chi connectivity index (χ1v) is 11.5. The van der Waals surface area contributed by atoms with Crippen molar-refractivity contribution >= 4 is 34.9 Å². The summed E-state index contributed by atoms with van der Waals surface area (Å²) in [5.74, 6) is 0.713. The summed E-state index contributed by atoms with van der Waals surface area (Å²) in [4.78, 5) is 20.5. The molecule has 1 fully saturated rings. The van der Waals surface area contributed by atoms with E-state index in [1.807, 2.05) is 79.4 Å². The van der Waals surface area contributed by atoms with E-state index in [1.165, 1.54) is 0 Å². The molecule has 1 unspecified atom stereocenters. The Morgan fingerprint density at radius 3 is 2.50 bits per heavy atom. The van der Waals surface area contributed by atoms with Crippen molar-refractivity contribution in [1.29, 1.82) is 0 Å². The monoisotopic (exact) mass is 464 g/mol. The maximum Gasteiger partial charge on any atom is 0.235 e. The van der Waals surface area contributed by atoms with Crippen molar-refractivity contribution in [3.05, 3.63) is 106 Å². The Labute approximate surface area is 199 Å². The number of piperidine rings is 1. The van der Waals surface area contributed by atoms with Crippen molar-refractivity contribution in [2.75, 3.05) is 4.90 Å². The molecule has 0 radical (unpaired) electrons. The van der Waals surface area contributed by atoms with E-state index in [0.717, 1.165) is 16.7 Å². The first-order valence-electron chi connectivity index (χ1n) is 10.7. The first-order chi connectivity index (χ1) is 15.3. The number of allylic oxidation sites excluding steroid dienone is 1. The molecule has 0 saturated carbocycles. The Morgan fingerprint density at radius 1 is 1.09 bits per heavy atom. The molecule has 164 valence electrons. The van der Waals surface area contributed by atoms with Gasteiger partial charge in [0.25, 0.3) is 0 Å². The molecule has 0 aliphatic carbocycles. The number of hydrogen-bond donors (Lipinski definition) is 0. The Morgan fingerprint density at radius 2 is 1.84 bits per heavy atom. The summed E-state index contributed by atoms with van der Waals surface area (Å²) in [5.41, 5.74) is 2.55. The van der Waals surface area contributed by atoms with Crippen LogP contribution in [0.15, 0.2) is 79.5 Å². The van der Waals surface area contributed by atoms with Crippen molar-refractivity contribution in [2.24, 2.45) is 5.41 Å². The smallest absolute Gasteiger partial charge is 0.235 e. The van der Waals surface area contributed by atoms with Crippen molar-refractivity contribution in [3.63, 3.8) is 0 Å². The zero-order valence-corrected chi connectivity index (χ0v) is 19.8. The third-order valence-electron chi connectivity index (χ3n) is 6.30. The van der Waals surface area contributed by atoms with Gasteiger partial charge in [-0.2, -0.15) is 0 Å². The molecule has 1 amide bonds. The van der Waals surface area contributed by atoms with Gasteiger partial charge in [-0.05, 0) is 72.9 Å². The number of hydrogen-bond acceptors (Lipinski definition) is 2. The van der Waals surface area contributed by atoms with Crippen molar-refractivity contribution in [1.82, 2.24) is 4.98 Å². The van der Waals surface area contributed by atoms with Crippen molar-refractivity contribution in [3.8, 4) is 0 Å². The van der Waals surface area contributed by atoms with Crippen molar-refractivity contribution in [2.45, 2.75) is 38.6 Å². The average molecular weight is 465 g/mol. The number of benzene rings is 2. The maximum absolute atomic E-state index is 14.0. The molecule has 2 aromatic carbocycles. The predicted molar refractivity (Wildman–Crippen MR) is 132 cm³/mol. The molecule has 1 aliphatic rings. The normalized spacial score (nSPS) is 23.2. The Hall–Kier alpha value is -2.62.